The zero-order chi connectivity index (χ0) is 12.5. The molecule has 0 radical (unpaired) electrons. The molecular weight excluding hydrogens is 243 g/mol. The van der Waals surface area contributed by atoms with Gasteiger partial charge in [-0.1, -0.05) is 0 Å². The molecule has 6 heteroatoms. The number of rotatable bonds is 3. The molecule has 0 amide bonds. The van der Waals surface area contributed by atoms with Gasteiger partial charge in [-0.3, -0.25) is 0 Å². The van der Waals surface area contributed by atoms with E-state index in [2.05, 4.69) is 10.6 Å². The lowest BCUT2D eigenvalue weighted by atomic mass is 10.1. The Kier molecular flexibility index (Phi) is 3.24. The molecule has 1 aromatic rings. The van der Waals surface area contributed by atoms with E-state index in [9.17, 15) is 12.8 Å². The lowest BCUT2D eigenvalue weighted by Gasteiger charge is -2.28. The van der Waals surface area contributed by atoms with Crippen molar-refractivity contribution < 1.29 is 12.8 Å². The smallest absolute Gasteiger partial charge is 0.147 e. The first-order chi connectivity index (χ1) is 7.94. The number of halogens is 1. The van der Waals surface area contributed by atoms with E-state index in [1.165, 1.54) is 18.4 Å². The van der Waals surface area contributed by atoms with Gasteiger partial charge in [-0.15, -0.1) is 0 Å². The van der Waals surface area contributed by atoms with Crippen LogP contribution in [0.15, 0.2) is 18.2 Å². The first kappa shape index (κ1) is 12.2. The maximum atomic E-state index is 12.9. The number of hydrogen-bond donors (Lipinski definition) is 2. The quantitative estimate of drug-likeness (QED) is 0.862. The summed E-state index contributed by atoms with van der Waals surface area (Å²) in [5.41, 5.74) is 1.54. The number of sulfone groups is 1. The highest BCUT2D eigenvalue weighted by Crippen LogP contribution is 2.27. The molecule has 0 bridgehead atoms. The van der Waals surface area contributed by atoms with Crippen molar-refractivity contribution in [3.05, 3.63) is 24.0 Å². The molecule has 0 saturated carbocycles. The minimum atomic E-state index is -2.94. The molecular formula is C11H15FN2O2S. The van der Waals surface area contributed by atoms with Gasteiger partial charge >= 0.3 is 0 Å². The zero-order valence-electron chi connectivity index (χ0n) is 9.53. The fourth-order valence-electron chi connectivity index (χ4n) is 1.82. The van der Waals surface area contributed by atoms with Crippen molar-refractivity contribution in [1.29, 1.82) is 0 Å². The van der Waals surface area contributed by atoms with Gasteiger partial charge in [0.25, 0.3) is 0 Å². The van der Waals surface area contributed by atoms with Crippen molar-refractivity contribution in [2.75, 3.05) is 29.2 Å². The fraction of sp³-hybridized carbons (Fsp3) is 0.455. The summed E-state index contributed by atoms with van der Waals surface area (Å²) in [7, 11) is -2.94. The molecule has 1 unspecified atom stereocenters. The van der Waals surface area contributed by atoms with Gasteiger partial charge in [-0.2, -0.15) is 0 Å². The zero-order valence-corrected chi connectivity index (χ0v) is 10.3. The van der Waals surface area contributed by atoms with Gasteiger partial charge in [-0.05, 0) is 24.6 Å². The Balaban J connectivity index is 2.01. The third-order valence-corrected chi connectivity index (χ3v) is 3.69. The lowest BCUT2D eigenvalue weighted by Crippen LogP contribution is -2.34. The van der Waals surface area contributed by atoms with Gasteiger partial charge < -0.3 is 10.6 Å². The van der Waals surface area contributed by atoms with Crippen molar-refractivity contribution in [2.24, 2.45) is 0 Å². The summed E-state index contributed by atoms with van der Waals surface area (Å²) in [6.45, 7) is 0.603. The van der Waals surface area contributed by atoms with Crippen LogP contribution in [0.3, 0.4) is 0 Å². The number of anilines is 2. The van der Waals surface area contributed by atoms with E-state index in [1.807, 2.05) is 0 Å². The summed E-state index contributed by atoms with van der Waals surface area (Å²) < 4.78 is 35.1. The molecule has 1 aromatic carbocycles. The number of hydrogen-bond acceptors (Lipinski definition) is 4. The summed E-state index contributed by atoms with van der Waals surface area (Å²) in [5.74, 6) is -0.129. The van der Waals surface area contributed by atoms with Crippen LogP contribution in [0.5, 0.6) is 0 Å². The molecule has 2 rings (SSSR count). The van der Waals surface area contributed by atoms with Crippen LogP contribution in [0.1, 0.15) is 6.42 Å². The van der Waals surface area contributed by atoms with Crippen molar-refractivity contribution in [1.82, 2.24) is 0 Å². The second-order valence-corrected chi connectivity index (χ2v) is 6.59. The first-order valence-corrected chi connectivity index (χ1v) is 7.48. The lowest BCUT2D eigenvalue weighted by molar-refractivity contribution is 0.593. The molecule has 94 valence electrons. The van der Waals surface area contributed by atoms with Crippen LogP contribution < -0.4 is 10.6 Å². The maximum Gasteiger partial charge on any atom is 0.147 e. The molecule has 1 aliphatic heterocycles. The molecule has 0 aromatic heterocycles. The largest absolute Gasteiger partial charge is 0.381 e. The summed E-state index contributed by atoms with van der Waals surface area (Å²) in [4.78, 5) is 0. The predicted octanol–water partition coefficient (Wildman–Crippen LogP) is 1.47. The molecule has 1 heterocycles. The van der Waals surface area contributed by atoms with E-state index < -0.39 is 9.84 Å². The third-order valence-electron chi connectivity index (χ3n) is 2.72. The fourth-order valence-corrected chi connectivity index (χ4v) is 2.54. The van der Waals surface area contributed by atoms with Crippen LogP contribution >= 0.6 is 0 Å². The SMILES string of the molecule is CS(=O)(=O)CCC1CNc2cc(F)ccc2N1. The van der Waals surface area contributed by atoms with Crippen LogP contribution in [-0.4, -0.2) is 33.0 Å². The Morgan fingerprint density at radius 2 is 2.18 bits per heavy atom. The second kappa shape index (κ2) is 4.52. The van der Waals surface area contributed by atoms with Gasteiger partial charge in [0.15, 0.2) is 0 Å². The standard InChI is InChI=1S/C11H15FN2O2S/c1-17(15,16)5-4-9-7-13-11-6-8(12)2-3-10(11)14-9/h2-3,6,9,13-14H,4-5,7H2,1H3. The van der Waals surface area contributed by atoms with Crippen molar-refractivity contribution in [2.45, 2.75) is 12.5 Å². The molecule has 2 N–H and O–H groups in total. The summed E-state index contributed by atoms with van der Waals surface area (Å²) in [6.07, 6.45) is 1.77. The van der Waals surface area contributed by atoms with Crippen molar-refractivity contribution >= 4 is 21.2 Å². The van der Waals surface area contributed by atoms with Gasteiger partial charge in [0.2, 0.25) is 0 Å². The monoisotopic (exact) mass is 258 g/mol. The summed E-state index contributed by atoms with van der Waals surface area (Å²) in [5, 5.41) is 6.30. The number of nitrogens with one attached hydrogen (secondary N) is 2. The normalized spacial score (nSPS) is 19.1. The van der Waals surface area contributed by atoms with E-state index in [1.54, 1.807) is 6.07 Å². The predicted molar refractivity (Wildman–Crippen MR) is 66.6 cm³/mol. The topological polar surface area (TPSA) is 58.2 Å². The Bertz CT molecular complexity index is 516. The molecule has 0 fully saturated rings. The van der Waals surface area contributed by atoms with E-state index in [4.69, 9.17) is 0 Å². The van der Waals surface area contributed by atoms with Crippen LogP contribution in [-0.2, 0) is 9.84 Å². The van der Waals surface area contributed by atoms with Crippen LogP contribution in [0.2, 0.25) is 0 Å². The molecule has 1 atom stereocenters. The minimum Gasteiger partial charge on any atom is -0.381 e. The van der Waals surface area contributed by atoms with E-state index in [0.29, 0.717) is 13.0 Å². The Hall–Kier alpha value is -1.30. The Labute approximate surface area is 100 Å². The molecule has 4 nitrogen and oxygen atoms in total. The van der Waals surface area contributed by atoms with Gasteiger partial charge in [0.05, 0.1) is 17.1 Å². The van der Waals surface area contributed by atoms with Crippen LogP contribution in [0, 0.1) is 5.82 Å². The summed E-state index contributed by atoms with van der Waals surface area (Å²) in [6, 6.07) is 4.52. The van der Waals surface area contributed by atoms with Gasteiger partial charge in [-0.25, -0.2) is 12.8 Å². The third kappa shape index (κ3) is 3.33. The summed E-state index contributed by atoms with van der Waals surface area (Å²) >= 11 is 0. The minimum absolute atomic E-state index is 0.0580. The van der Waals surface area contributed by atoms with Gasteiger partial charge in [0, 0.05) is 18.8 Å². The van der Waals surface area contributed by atoms with E-state index >= 15 is 0 Å². The van der Waals surface area contributed by atoms with Crippen molar-refractivity contribution in [3.63, 3.8) is 0 Å². The highest BCUT2D eigenvalue weighted by molar-refractivity contribution is 7.90. The highest BCUT2D eigenvalue weighted by Gasteiger charge is 2.18. The van der Waals surface area contributed by atoms with E-state index in [0.717, 1.165) is 11.4 Å². The Morgan fingerprint density at radius 1 is 1.41 bits per heavy atom. The Morgan fingerprint density at radius 3 is 2.88 bits per heavy atom. The van der Waals surface area contributed by atoms with Crippen LogP contribution in [0.25, 0.3) is 0 Å². The van der Waals surface area contributed by atoms with Crippen molar-refractivity contribution in [3.8, 4) is 0 Å². The molecule has 1 aliphatic rings. The average molecular weight is 258 g/mol. The molecule has 0 aliphatic carbocycles. The number of benzene rings is 1. The molecule has 0 saturated heterocycles. The van der Waals surface area contributed by atoms with E-state index in [-0.39, 0.29) is 17.6 Å². The highest BCUT2D eigenvalue weighted by atomic mass is 32.2. The van der Waals surface area contributed by atoms with Crippen LogP contribution in [0.4, 0.5) is 15.8 Å². The second-order valence-electron chi connectivity index (χ2n) is 4.33. The first-order valence-electron chi connectivity index (χ1n) is 5.42. The number of fused-ring (bicyclic) bond motifs is 1. The average Bonchev–Trinajstić information content (AvgIpc) is 2.25. The van der Waals surface area contributed by atoms with Gasteiger partial charge in [0.1, 0.15) is 15.7 Å². The molecule has 0 spiro atoms. The molecule has 17 heavy (non-hydrogen) atoms. The maximum absolute atomic E-state index is 12.9.